The Balaban J connectivity index is 4.63. The molecule has 5 heteroatoms. The van der Waals surface area contributed by atoms with Crippen molar-refractivity contribution in [3.8, 4) is 0 Å². The first-order chi connectivity index (χ1) is 12.0. The van der Waals surface area contributed by atoms with Crippen LogP contribution in [0.25, 0.3) is 0 Å². The maximum Gasteiger partial charge on any atom is 0.330 e. The van der Waals surface area contributed by atoms with Gasteiger partial charge < -0.3 is 18.9 Å². The molecule has 0 amide bonds. The lowest BCUT2D eigenvalue weighted by Crippen LogP contribution is -2.35. The molecule has 0 aliphatic heterocycles. The minimum absolute atomic E-state index is 0.0277. The molecular formula is C20H32O5. The lowest BCUT2D eigenvalue weighted by atomic mass is 9.97. The Morgan fingerprint density at radius 2 is 1.92 bits per heavy atom. The van der Waals surface area contributed by atoms with E-state index in [9.17, 15) is 4.79 Å². The van der Waals surface area contributed by atoms with E-state index < -0.39 is 0 Å². The molecule has 25 heavy (non-hydrogen) atoms. The monoisotopic (exact) mass is 352 g/mol. The fourth-order valence-corrected chi connectivity index (χ4v) is 2.28. The van der Waals surface area contributed by atoms with Gasteiger partial charge in [0.25, 0.3) is 0 Å². The summed E-state index contributed by atoms with van der Waals surface area (Å²) in [6.45, 7) is 11.7. The van der Waals surface area contributed by atoms with Crippen molar-refractivity contribution >= 4 is 5.97 Å². The summed E-state index contributed by atoms with van der Waals surface area (Å²) >= 11 is 0. The fraction of sp³-hybridized carbons (Fsp3) is 0.550. The van der Waals surface area contributed by atoms with Crippen LogP contribution in [-0.4, -0.2) is 45.8 Å². The molecule has 0 aliphatic rings. The molecule has 5 nitrogen and oxygen atoms in total. The van der Waals surface area contributed by atoms with E-state index in [0.717, 1.165) is 18.4 Å². The smallest absolute Gasteiger partial charge is 0.330 e. The summed E-state index contributed by atoms with van der Waals surface area (Å²) in [7, 11) is 3.18. The second kappa shape index (κ2) is 14.6. The van der Waals surface area contributed by atoms with Gasteiger partial charge in [-0.1, -0.05) is 31.2 Å². The molecule has 0 saturated heterocycles. The highest BCUT2D eigenvalue weighted by atomic mass is 16.7. The lowest BCUT2D eigenvalue weighted by molar-refractivity contribution is -0.136. The topological polar surface area (TPSA) is 54.0 Å². The zero-order chi connectivity index (χ0) is 19.1. The third-order valence-electron chi connectivity index (χ3n) is 3.51. The predicted octanol–water partition coefficient (Wildman–Crippen LogP) is 3.82. The molecule has 0 unspecified atom stereocenters. The standard InChI is InChI=1S/C20H32O5/c1-7-9-10-11-12-19(21)24-14-16(3)13-17(4)20(25-15-22-5)18(8-2)23-6/h7-8,11-13,17-18,20H,1-2,9-10,14-15H2,3-6H3/t17-,18+,20+/m1/s1. The number of allylic oxidation sites excluding steroid dienone is 2. The number of carbonyl (C=O) groups excluding carboxylic acids is 1. The van der Waals surface area contributed by atoms with Crippen molar-refractivity contribution < 1.29 is 23.7 Å². The van der Waals surface area contributed by atoms with Crippen molar-refractivity contribution in [3.05, 3.63) is 49.1 Å². The van der Waals surface area contributed by atoms with Crippen LogP contribution in [-0.2, 0) is 23.7 Å². The van der Waals surface area contributed by atoms with Crippen molar-refractivity contribution in [1.29, 1.82) is 0 Å². The number of ether oxygens (including phenoxy) is 4. The van der Waals surface area contributed by atoms with Crippen LogP contribution in [0.5, 0.6) is 0 Å². The van der Waals surface area contributed by atoms with Crippen LogP contribution in [0.3, 0.4) is 0 Å². The summed E-state index contributed by atoms with van der Waals surface area (Å²) in [6.07, 6.45) is 9.87. The van der Waals surface area contributed by atoms with E-state index in [-0.39, 0.29) is 37.5 Å². The van der Waals surface area contributed by atoms with Crippen molar-refractivity contribution in [2.75, 3.05) is 27.6 Å². The molecule has 0 aromatic heterocycles. The highest BCUT2D eigenvalue weighted by molar-refractivity contribution is 5.81. The normalized spacial score (nSPS) is 15.6. The number of hydrogen-bond donors (Lipinski definition) is 0. The molecule has 0 saturated carbocycles. The van der Waals surface area contributed by atoms with Gasteiger partial charge in [0.1, 0.15) is 19.5 Å². The second-order valence-electron chi connectivity index (χ2n) is 5.72. The number of rotatable bonds is 14. The lowest BCUT2D eigenvalue weighted by Gasteiger charge is -2.27. The number of esters is 1. The summed E-state index contributed by atoms with van der Waals surface area (Å²) in [5.74, 6) is -0.322. The molecule has 0 spiro atoms. The Morgan fingerprint density at radius 1 is 1.20 bits per heavy atom. The molecule has 0 aliphatic carbocycles. The average Bonchev–Trinajstić information content (AvgIpc) is 2.60. The molecule has 142 valence electrons. The molecule has 0 heterocycles. The van der Waals surface area contributed by atoms with Gasteiger partial charge in [-0.15, -0.1) is 13.2 Å². The highest BCUT2D eigenvalue weighted by Gasteiger charge is 2.24. The number of unbranched alkanes of at least 4 members (excludes halogenated alkanes) is 1. The van der Waals surface area contributed by atoms with E-state index in [1.165, 1.54) is 6.08 Å². The van der Waals surface area contributed by atoms with Crippen molar-refractivity contribution in [3.63, 3.8) is 0 Å². The number of methoxy groups -OCH3 is 2. The maximum atomic E-state index is 11.6. The average molecular weight is 352 g/mol. The molecule has 0 rings (SSSR count). The van der Waals surface area contributed by atoms with Gasteiger partial charge in [-0.25, -0.2) is 4.79 Å². The van der Waals surface area contributed by atoms with Crippen LogP contribution in [0.15, 0.2) is 49.1 Å². The van der Waals surface area contributed by atoms with Gasteiger partial charge in [0, 0.05) is 26.2 Å². The Labute approximate surface area is 152 Å². The maximum absolute atomic E-state index is 11.6. The predicted molar refractivity (Wildman–Crippen MR) is 100 cm³/mol. The van der Waals surface area contributed by atoms with Gasteiger partial charge in [-0.05, 0) is 25.3 Å². The van der Waals surface area contributed by atoms with Gasteiger partial charge in [-0.2, -0.15) is 0 Å². The van der Waals surface area contributed by atoms with Crippen LogP contribution < -0.4 is 0 Å². The summed E-state index contributed by atoms with van der Waals surface area (Å²) < 4.78 is 21.3. The first kappa shape index (κ1) is 23.3. The molecule has 0 N–H and O–H groups in total. The molecule has 3 atom stereocenters. The van der Waals surface area contributed by atoms with Gasteiger partial charge in [-0.3, -0.25) is 0 Å². The Kier molecular flexibility index (Phi) is 13.6. The van der Waals surface area contributed by atoms with E-state index >= 15 is 0 Å². The highest BCUT2D eigenvalue weighted by Crippen LogP contribution is 2.18. The molecule has 0 aromatic rings. The minimum atomic E-state index is -0.350. The van der Waals surface area contributed by atoms with Crippen LogP contribution in [0.1, 0.15) is 26.7 Å². The van der Waals surface area contributed by atoms with Crippen molar-refractivity contribution in [1.82, 2.24) is 0 Å². The quantitative estimate of drug-likeness (QED) is 0.156. The molecular weight excluding hydrogens is 320 g/mol. The minimum Gasteiger partial charge on any atom is -0.458 e. The summed E-state index contributed by atoms with van der Waals surface area (Å²) in [4.78, 5) is 11.6. The van der Waals surface area contributed by atoms with E-state index in [1.54, 1.807) is 26.4 Å². The number of hydrogen-bond acceptors (Lipinski definition) is 5. The Bertz CT molecular complexity index is 453. The summed E-state index contributed by atoms with van der Waals surface area (Å²) in [5.41, 5.74) is 0.935. The van der Waals surface area contributed by atoms with E-state index in [0.29, 0.717) is 0 Å². The Hall–Kier alpha value is -1.69. The third kappa shape index (κ3) is 10.7. The molecule has 0 aromatic carbocycles. The SMILES string of the molecule is C=CCCC=CC(=O)OCC(C)=C[C@@H](C)[C@H](OCOC)[C@H](C=C)OC. The zero-order valence-electron chi connectivity index (χ0n) is 15.9. The van der Waals surface area contributed by atoms with E-state index in [2.05, 4.69) is 13.2 Å². The van der Waals surface area contributed by atoms with Crippen LogP contribution in [0.4, 0.5) is 0 Å². The number of carbonyl (C=O) groups is 1. The second-order valence-corrected chi connectivity index (χ2v) is 5.72. The Morgan fingerprint density at radius 3 is 2.48 bits per heavy atom. The molecule has 0 fully saturated rings. The van der Waals surface area contributed by atoms with Crippen LogP contribution in [0, 0.1) is 5.92 Å². The molecule has 0 bridgehead atoms. The largest absolute Gasteiger partial charge is 0.458 e. The third-order valence-corrected chi connectivity index (χ3v) is 3.51. The fourth-order valence-electron chi connectivity index (χ4n) is 2.28. The first-order valence-electron chi connectivity index (χ1n) is 8.37. The van der Waals surface area contributed by atoms with Crippen LogP contribution >= 0.6 is 0 Å². The summed E-state index contributed by atoms with van der Waals surface area (Å²) in [6, 6.07) is 0. The van der Waals surface area contributed by atoms with Crippen LogP contribution in [0.2, 0.25) is 0 Å². The van der Waals surface area contributed by atoms with Gasteiger partial charge in [0.2, 0.25) is 0 Å². The first-order valence-corrected chi connectivity index (χ1v) is 8.37. The van der Waals surface area contributed by atoms with Gasteiger partial charge in [0.05, 0.1) is 6.10 Å². The van der Waals surface area contributed by atoms with E-state index in [4.69, 9.17) is 18.9 Å². The van der Waals surface area contributed by atoms with Crippen molar-refractivity contribution in [2.45, 2.75) is 38.9 Å². The van der Waals surface area contributed by atoms with E-state index in [1.807, 2.05) is 26.0 Å². The van der Waals surface area contributed by atoms with Crippen molar-refractivity contribution in [2.24, 2.45) is 5.92 Å². The molecule has 0 radical (unpaired) electrons. The van der Waals surface area contributed by atoms with Gasteiger partial charge in [0.15, 0.2) is 0 Å². The summed E-state index contributed by atoms with van der Waals surface area (Å²) in [5, 5.41) is 0. The van der Waals surface area contributed by atoms with Gasteiger partial charge >= 0.3 is 5.97 Å². The zero-order valence-corrected chi connectivity index (χ0v) is 15.9.